The minimum absolute atomic E-state index is 0.101. The fourth-order valence-electron chi connectivity index (χ4n) is 15.8. The van der Waals surface area contributed by atoms with Crippen molar-refractivity contribution in [2.45, 2.75) is 313 Å². The molecule has 2 nitrogen and oxygen atoms in total. The van der Waals surface area contributed by atoms with Crippen molar-refractivity contribution in [2.75, 3.05) is 9.80 Å². The molecule has 7 aromatic carbocycles. The Morgan fingerprint density at radius 3 is 0.598 bits per heavy atom. The summed E-state index contributed by atoms with van der Waals surface area (Å²) >= 11 is 0. The Labute approximate surface area is 570 Å². The highest BCUT2D eigenvalue weighted by Crippen LogP contribution is 2.54. The molecule has 0 N–H and O–H groups in total. The largest absolute Gasteiger partial charge is 0.309 e. The maximum atomic E-state index is 2.86. The third-order valence-corrected chi connectivity index (χ3v) is 46.3. The maximum Gasteiger partial charge on any atom is 0.0860 e. The van der Waals surface area contributed by atoms with Gasteiger partial charge in [0.15, 0.2) is 0 Å². The lowest BCUT2D eigenvalue weighted by molar-refractivity contribution is 0.568. The molecule has 0 aliphatic carbocycles. The number of benzene rings is 7. The van der Waals surface area contributed by atoms with Crippen LogP contribution in [0.3, 0.4) is 0 Å². The van der Waals surface area contributed by atoms with Crippen LogP contribution in [0.1, 0.15) is 241 Å². The fourth-order valence-corrected chi connectivity index (χ4v) is 30.6. The first-order valence-electron chi connectivity index (χ1n) is 37.0. The second-order valence-electron chi connectivity index (χ2n) is 34.8. The van der Waals surface area contributed by atoms with Gasteiger partial charge in [-0.1, -0.05) is 350 Å². The molecule has 0 unspecified atom stereocenters. The van der Waals surface area contributed by atoms with Crippen LogP contribution in [0, 0.1) is 0 Å². The zero-order valence-corrected chi connectivity index (χ0v) is 68.8. The van der Waals surface area contributed by atoms with Gasteiger partial charge in [0.25, 0.3) is 0 Å². The minimum Gasteiger partial charge on any atom is -0.309 e. The third kappa shape index (κ3) is 14.5. The first kappa shape index (κ1) is 74.9. The Morgan fingerprint density at radius 1 is 0.217 bits per heavy atom. The molecule has 0 spiro atoms. The van der Waals surface area contributed by atoms with Gasteiger partial charge in [0.2, 0.25) is 0 Å². The van der Waals surface area contributed by atoms with E-state index in [1.165, 1.54) is 162 Å². The molecule has 6 heteroatoms. The van der Waals surface area contributed by atoms with Gasteiger partial charge in [-0.2, -0.15) is 0 Å². The molecule has 0 amide bonds. The normalized spacial score (nSPS) is 13.6. The van der Waals surface area contributed by atoms with Gasteiger partial charge >= 0.3 is 0 Å². The molecule has 502 valence electrons. The Kier molecular flexibility index (Phi) is 22.4. The van der Waals surface area contributed by atoms with E-state index in [0.717, 1.165) is 0 Å². The first-order chi connectivity index (χ1) is 42.7. The first-order valence-corrected chi connectivity index (χ1v) is 47.5. The lowest BCUT2D eigenvalue weighted by Crippen LogP contribution is -2.52. The zero-order chi connectivity index (χ0) is 68.9. The van der Waals surface area contributed by atoms with Crippen molar-refractivity contribution in [3.05, 3.63) is 143 Å². The molecule has 0 fully saturated rings. The highest BCUT2D eigenvalue weighted by Gasteiger charge is 2.40. The van der Waals surface area contributed by atoms with Crippen molar-refractivity contribution in [2.24, 2.45) is 0 Å². The summed E-state index contributed by atoms with van der Waals surface area (Å²) in [6, 6.07) is 62.6. The van der Waals surface area contributed by atoms with E-state index in [0.29, 0.717) is 0 Å². The van der Waals surface area contributed by atoms with Gasteiger partial charge in [-0.25, -0.2) is 0 Å². The Bertz CT molecular complexity index is 3290. The van der Waals surface area contributed by atoms with E-state index < -0.39 is 32.3 Å². The summed E-state index contributed by atoms with van der Waals surface area (Å²) in [7, 11) is -7.87. The molecule has 0 atom stereocenters. The highest BCUT2D eigenvalue weighted by molar-refractivity contribution is 6.95. The SMILES string of the molecule is CC[Si](CC)(CC)c1cc(N(c2cc(C(C)(C)C)cc(C(C)(C)C)c2)c2c3ccc(C(C)(C)C)cc3c(N(c3cc(C(C)(C)C)cc(C(C)(C)C)c3)c3cc([Si](CC)(CC)CC)cc([Si](CC)(CC)CC)c3)c3ccc(C(C)(C)C)cc23)cc([Si](CC)(CC)CC)c1. The molecule has 92 heavy (non-hydrogen) atoms. The van der Waals surface area contributed by atoms with Crippen LogP contribution in [0.4, 0.5) is 34.1 Å². The van der Waals surface area contributed by atoms with E-state index in [-0.39, 0.29) is 32.5 Å². The van der Waals surface area contributed by atoms with Crippen LogP contribution < -0.4 is 30.5 Å². The van der Waals surface area contributed by atoms with Gasteiger partial charge in [-0.3, -0.25) is 0 Å². The predicted octanol–water partition coefficient (Wildman–Crippen LogP) is 25.6. The van der Waals surface area contributed by atoms with Crippen molar-refractivity contribution < 1.29 is 0 Å². The van der Waals surface area contributed by atoms with Crippen molar-refractivity contribution in [1.29, 1.82) is 0 Å². The molecule has 0 radical (unpaired) electrons. The number of nitrogens with zero attached hydrogens (tertiary/aromatic N) is 2. The van der Waals surface area contributed by atoms with Crippen LogP contribution in [0.15, 0.2) is 109 Å². The summed E-state index contributed by atoms with van der Waals surface area (Å²) < 4.78 is 0. The summed E-state index contributed by atoms with van der Waals surface area (Å²) in [5.74, 6) is 0. The number of rotatable bonds is 22. The van der Waals surface area contributed by atoms with Crippen LogP contribution in [0.25, 0.3) is 21.5 Å². The topological polar surface area (TPSA) is 6.48 Å². The molecule has 0 bridgehead atoms. The molecule has 7 aromatic rings. The number of anilines is 6. The van der Waals surface area contributed by atoms with Gasteiger partial charge in [0.05, 0.1) is 43.7 Å². The predicted molar refractivity (Wildman–Crippen MR) is 430 cm³/mol. The van der Waals surface area contributed by atoms with E-state index >= 15 is 0 Å². The number of hydrogen-bond acceptors (Lipinski definition) is 2. The minimum atomic E-state index is -1.97. The van der Waals surface area contributed by atoms with Gasteiger partial charge in [-0.15, -0.1) is 0 Å². The van der Waals surface area contributed by atoms with E-state index in [1.54, 1.807) is 20.7 Å². The van der Waals surface area contributed by atoms with Crippen molar-refractivity contribution in [3.63, 3.8) is 0 Å². The fraction of sp³-hybridized carbons (Fsp3) is 0.558. The smallest absolute Gasteiger partial charge is 0.0860 e. The molecule has 0 aromatic heterocycles. The second-order valence-corrected chi connectivity index (χ2v) is 55.9. The van der Waals surface area contributed by atoms with Gasteiger partial charge < -0.3 is 9.80 Å². The molecule has 0 saturated carbocycles. The zero-order valence-electron chi connectivity index (χ0n) is 64.8. The molecule has 0 saturated heterocycles. The van der Waals surface area contributed by atoms with E-state index in [1.807, 2.05) is 0 Å². The average Bonchev–Trinajstić information content (AvgIpc) is 0.711. The standard InChI is InChI=1S/C86H132N2Si4/c1-31-89(32-2,33-3)71-55-69(56-72(59-71)90(34-4,35-5)36-6)87(67-49-63(83(19,20)21)47-64(50-67)84(22,23)24)79-75-45-43-62(82(16,17)18)54-78(75)80(76-46-44-61(53-77(76)79)81(13,14)15)88(68-51-65(85(25,26)27)48-66(52-68)86(28,29)30)70-57-73(91(37-7,38-8)39-9)60-74(58-70)92(40-10,41-11)42-12/h43-60H,31-42H2,1-30H3. The Balaban J connectivity index is 1.96. The maximum absolute atomic E-state index is 2.86. The molecular weight excluding hydrogens is 1170 g/mol. The van der Waals surface area contributed by atoms with Crippen molar-refractivity contribution in [1.82, 2.24) is 0 Å². The Hall–Kier alpha value is -4.47. The third-order valence-electron chi connectivity index (χ3n) is 24.0. The Morgan fingerprint density at radius 2 is 0.413 bits per heavy atom. The summed E-state index contributed by atoms with van der Waals surface area (Å²) in [6.45, 7) is 73.9. The molecule has 0 aliphatic heterocycles. The van der Waals surface area contributed by atoms with Gasteiger partial charge in [0.1, 0.15) is 0 Å². The van der Waals surface area contributed by atoms with Crippen LogP contribution >= 0.6 is 0 Å². The van der Waals surface area contributed by atoms with E-state index in [9.17, 15) is 0 Å². The van der Waals surface area contributed by atoms with Crippen LogP contribution in [0.5, 0.6) is 0 Å². The molecule has 7 rings (SSSR count). The second kappa shape index (κ2) is 27.6. The number of fused-ring (bicyclic) bond motifs is 2. The lowest BCUT2D eigenvalue weighted by Gasteiger charge is -2.39. The lowest BCUT2D eigenvalue weighted by atomic mass is 9.79. The van der Waals surface area contributed by atoms with Crippen molar-refractivity contribution >= 4 is 109 Å². The van der Waals surface area contributed by atoms with Crippen molar-refractivity contribution in [3.8, 4) is 0 Å². The number of hydrogen-bond donors (Lipinski definition) is 0. The van der Waals surface area contributed by atoms with Gasteiger partial charge in [-0.05, 0) is 127 Å². The van der Waals surface area contributed by atoms with Gasteiger partial charge in [0, 0.05) is 44.3 Å². The van der Waals surface area contributed by atoms with Crippen LogP contribution in [0.2, 0.25) is 72.5 Å². The summed E-state index contributed by atoms with van der Waals surface area (Å²) in [5, 5.41) is 11.8. The molecular formula is C86H132N2Si4. The summed E-state index contributed by atoms with van der Waals surface area (Å²) in [4.78, 5) is 5.73. The summed E-state index contributed by atoms with van der Waals surface area (Å²) in [6.07, 6.45) is 0. The quantitative estimate of drug-likeness (QED) is 0.0379. The monoisotopic (exact) mass is 1300 g/mol. The average molecular weight is 1310 g/mol. The highest BCUT2D eigenvalue weighted by atomic mass is 28.3. The van der Waals surface area contributed by atoms with Crippen LogP contribution in [-0.4, -0.2) is 32.3 Å². The molecule has 0 heterocycles. The van der Waals surface area contributed by atoms with E-state index in [4.69, 9.17) is 0 Å². The van der Waals surface area contributed by atoms with Crippen LogP contribution in [-0.2, 0) is 32.5 Å². The van der Waals surface area contributed by atoms with E-state index in [2.05, 4.69) is 327 Å². The summed E-state index contributed by atoms with van der Waals surface area (Å²) in [5.41, 5.74) is 15.3. The molecule has 0 aliphatic rings.